The zero-order valence-corrected chi connectivity index (χ0v) is 38.9. The summed E-state index contributed by atoms with van der Waals surface area (Å²) in [6.07, 6.45) is 2.94. The van der Waals surface area contributed by atoms with Crippen LogP contribution in [0.2, 0.25) is 10.3 Å². The number of hydrogen-bond acceptors (Lipinski definition) is 10. The van der Waals surface area contributed by atoms with Crippen LogP contribution in [-0.4, -0.2) is 92.1 Å². The van der Waals surface area contributed by atoms with E-state index < -0.39 is 24.3 Å². The summed E-state index contributed by atoms with van der Waals surface area (Å²) < 4.78 is 22.6. The number of imidazole rings is 2. The number of halogens is 2. The molecule has 4 amide bonds. The van der Waals surface area contributed by atoms with Crippen LogP contribution >= 0.6 is 23.2 Å². The van der Waals surface area contributed by atoms with Gasteiger partial charge in [0, 0.05) is 45.5 Å². The fourth-order valence-electron chi connectivity index (χ4n) is 9.71. The SMILES string of the molecule is CC[C@H](C)[C@H](NC(=O)OC)C(=O)N1[C@H](C)CC[C@H]1c1nc(Cl)c(-c2cc3c4c(c2)OCc2cc(-c5[nH]c([C@@H]6CC[C@@H](C)N6C(=O)[C@@H](NC(=O)OC)[C@@H](C)CC)nc5Cl)cc(c2-4)OC3)[nH]1. The van der Waals surface area contributed by atoms with Gasteiger partial charge in [0.1, 0.15) is 48.4 Å². The number of nitrogens with zero attached hydrogens (tertiary/aromatic N) is 4. The molecule has 16 nitrogen and oxygen atoms in total. The second-order valence-electron chi connectivity index (χ2n) is 17.5. The number of alkyl carbamates (subject to hydrolysis) is 2. The van der Waals surface area contributed by atoms with Gasteiger partial charge in [-0.05, 0) is 75.6 Å². The predicted octanol–water partition coefficient (Wildman–Crippen LogP) is 8.87. The summed E-state index contributed by atoms with van der Waals surface area (Å²) in [4.78, 5) is 72.8. The zero-order chi connectivity index (χ0) is 45.7. The summed E-state index contributed by atoms with van der Waals surface area (Å²) in [7, 11) is 2.57. The standard InChI is InChI=1S/C46H56Cl2N8O8/c1-9-21(3)35(51-45(59)61-7)43(57)55-23(5)11-13-29(55)41-49-37(39(47)53-41)25-15-27-19-64-32-18-26(16-28-20-63-31(17-25)33(27)34(28)32)38-40(48)54-42(50-38)30-14-12-24(6)56(30)44(58)36(22(4)10-2)52-46(60)62-8/h15-18,21-24,29-30,35-36H,9-14,19-20H2,1-8H3,(H,49,53)(H,50,54)(H,51,59)(H,52,60)/t21-,22-,23+,24+,29-,30-,35-,36-/m0/s1. The summed E-state index contributed by atoms with van der Waals surface area (Å²) in [6, 6.07) is 5.51. The van der Waals surface area contributed by atoms with Crippen LogP contribution in [0.5, 0.6) is 11.5 Å². The van der Waals surface area contributed by atoms with Gasteiger partial charge >= 0.3 is 12.2 Å². The molecule has 4 aliphatic rings. The van der Waals surface area contributed by atoms with E-state index in [1.807, 2.05) is 75.6 Å². The number of carbonyl (C=O) groups is 4. The Labute approximate surface area is 382 Å². The second kappa shape index (κ2) is 18.2. The minimum absolute atomic E-state index is 0.0847. The van der Waals surface area contributed by atoms with E-state index in [-0.39, 0.29) is 71.3 Å². The fourth-order valence-corrected chi connectivity index (χ4v) is 10.2. The lowest BCUT2D eigenvalue weighted by Crippen LogP contribution is -2.53. The molecule has 2 saturated heterocycles. The Morgan fingerprint density at radius 1 is 0.703 bits per heavy atom. The third kappa shape index (κ3) is 8.12. The van der Waals surface area contributed by atoms with Crippen molar-refractivity contribution in [2.75, 3.05) is 14.2 Å². The molecule has 6 heterocycles. The van der Waals surface area contributed by atoms with Gasteiger partial charge in [-0.25, -0.2) is 19.6 Å². The molecule has 0 radical (unpaired) electrons. The number of benzene rings is 2. The quantitative estimate of drug-likeness (QED) is 0.107. The van der Waals surface area contributed by atoms with Crippen molar-refractivity contribution in [3.63, 3.8) is 0 Å². The number of amides is 4. The van der Waals surface area contributed by atoms with Gasteiger partial charge in [0.2, 0.25) is 11.8 Å². The Balaban J connectivity index is 1.06. The molecule has 64 heavy (non-hydrogen) atoms. The third-order valence-electron chi connectivity index (χ3n) is 13.7. The fraction of sp³-hybridized carbons (Fsp3) is 0.522. The first-order valence-corrected chi connectivity index (χ1v) is 22.9. The van der Waals surface area contributed by atoms with Gasteiger partial charge in [-0.15, -0.1) is 0 Å². The molecule has 4 aliphatic heterocycles. The first kappa shape index (κ1) is 45.1. The van der Waals surface area contributed by atoms with E-state index in [9.17, 15) is 19.2 Å². The first-order chi connectivity index (χ1) is 30.7. The van der Waals surface area contributed by atoms with Crippen molar-refractivity contribution >= 4 is 47.2 Å². The lowest BCUT2D eigenvalue weighted by Gasteiger charge is -2.33. The maximum Gasteiger partial charge on any atom is 0.407 e. The first-order valence-electron chi connectivity index (χ1n) is 22.1. The predicted molar refractivity (Wildman–Crippen MR) is 240 cm³/mol. The molecular weight excluding hydrogens is 863 g/mol. The highest BCUT2D eigenvalue weighted by atomic mass is 35.5. The Hall–Kier alpha value is -5.48. The van der Waals surface area contributed by atoms with Crippen LogP contribution in [-0.2, 0) is 32.3 Å². The lowest BCUT2D eigenvalue weighted by atomic mass is 9.87. The summed E-state index contributed by atoms with van der Waals surface area (Å²) >= 11 is 13.8. The number of nitrogens with one attached hydrogen (secondary N) is 4. The van der Waals surface area contributed by atoms with Gasteiger partial charge in [0.25, 0.3) is 0 Å². The number of ether oxygens (including phenoxy) is 4. The van der Waals surface area contributed by atoms with Gasteiger partial charge in [0.05, 0.1) is 37.7 Å². The Morgan fingerprint density at radius 2 is 1.09 bits per heavy atom. The van der Waals surface area contributed by atoms with Crippen molar-refractivity contribution < 1.29 is 38.1 Å². The number of H-pyrrole nitrogens is 2. The topological polar surface area (TPSA) is 193 Å². The van der Waals surface area contributed by atoms with E-state index in [2.05, 4.69) is 20.6 Å². The van der Waals surface area contributed by atoms with Crippen LogP contribution in [0.15, 0.2) is 24.3 Å². The van der Waals surface area contributed by atoms with Crippen molar-refractivity contribution in [1.29, 1.82) is 0 Å². The van der Waals surface area contributed by atoms with E-state index in [4.69, 9.17) is 52.1 Å². The minimum Gasteiger partial charge on any atom is -0.488 e. The minimum atomic E-state index is -0.759. The molecule has 0 aliphatic carbocycles. The normalized spacial score (nSPS) is 21.5. The van der Waals surface area contributed by atoms with Crippen molar-refractivity contribution in [3.05, 3.63) is 57.3 Å². The molecule has 18 heteroatoms. The average Bonchev–Trinajstić information content (AvgIpc) is 4.09. The van der Waals surface area contributed by atoms with Crippen LogP contribution in [0.25, 0.3) is 33.6 Å². The highest BCUT2D eigenvalue weighted by Gasteiger charge is 2.44. The maximum atomic E-state index is 14.1. The van der Waals surface area contributed by atoms with Crippen molar-refractivity contribution in [2.24, 2.45) is 11.8 Å². The van der Waals surface area contributed by atoms with Crippen LogP contribution in [0.1, 0.15) is 115 Å². The van der Waals surface area contributed by atoms with Crippen LogP contribution in [0.4, 0.5) is 9.59 Å². The second-order valence-corrected chi connectivity index (χ2v) is 18.3. The molecular formula is C46H56Cl2N8O8. The summed E-state index contributed by atoms with van der Waals surface area (Å²) in [5.41, 5.74) is 6.43. The Kier molecular flexibility index (Phi) is 12.8. The molecule has 2 aromatic carbocycles. The van der Waals surface area contributed by atoms with Crippen LogP contribution < -0.4 is 20.1 Å². The smallest absolute Gasteiger partial charge is 0.407 e. The molecule has 8 atom stereocenters. The molecule has 0 saturated carbocycles. The average molecular weight is 920 g/mol. The van der Waals surface area contributed by atoms with Gasteiger partial charge in [0.15, 0.2) is 10.3 Å². The van der Waals surface area contributed by atoms with Gasteiger partial charge in [-0.3, -0.25) is 9.59 Å². The van der Waals surface area contributed by atoms with E-state index in [1.165, 1.54) is 14.2 Å². The Bertz CT molecular complexity index is 2250. The highest BCUT2D eigenvalue weighted by Crippen LogP contribution is 2.52. The highest BCUT2D eigenvalue weighted by molar-refractivity contribution is 6.32. The molecule has 2 fully saturated rings. The number of carbonyl (C=O) groups excluding carboxylic acids is 4. The number of methoxy groups -OCH3 is 2. The molecule has 342 valence electrons. The number of aromatic nitrogens is 4. The van der Waals surface area contributed by atoms with Crippen molar-refractivity contribution in [3.8, 4) is 45.1 Å². The number of rotatable bonds is 12. The van der Waals surface area contributed by atoms with E-state index in [0.717, 1.165) is 46.2 Å². The van der Waals surface area contributed by atoms with Crippen LogP contribution in [0, 0.1) is 11.8 Å². The summed E-state index contributed by atoms with van der Waals surface area (Å²) in [5.74, 6) is 1.87. The van der Waals surface area contributed by atoms with E-state index in [1.54, 1.807) is 0 Å². The molecule has 4 N–H and O–H groups in total. The number of aromatic amines is 2. The molecule has 0 spiro atoms. The van der Waals surface area contributed by atoms with Gasteiger partial charge in [-0.2, -0.15) is 0 Å². The van der Waals surface area contributed by atoms with Crippen LogP contribution in [0.3, 0.4) is 0 Å². The largest absolute Gasteiger partial charge is 0.488 e. The summed E-state index contributed by atoms with van der Waals surface area (Å²) in [6.45, 7) is 12.4. The molecule has 8 rings (SSSR count). The van der Waals surface area contributed by atoms with Gasteiger partial charge < -0.3 is 49.3 Å². The lowest BCUT2D eigenvalue weighted by molar-refractivity contribution is -0.138. The third-order valence-corrected chi connectivity index (χ3v) is 14.2. The van der Waals surface area contributed by atoms with Crippen molar-refractivity contribution in [1.82, 2.24) is 40.4 Å². The zero-order valence-electron chi connectivity index (χ0n) is 37.4. The molecule has 0 unspecified atom stereocenters. The molecule has 4 aromatic rings. The van der Waals surface area contributed by atoms with E-state index in [0.29, 0.717) is 60.2 Å². The maximum absolute atomic E-state index is 14.1. The molecule has 2 aromatic heterocycles. The summed E-state index contributed by atoms with van der Waals surface area (Å²) in [5, 5.41) is 6.05. The number of hydrogen-bond donors (Lipinski definition) is 4. The van der Waals surface area contributed by atoms with Crippen molar-refractivity contribution in [2.45, 2.75) is 130 Å². The van der Waals surface area contributed by atoms with Gasteiger partial charge in [-0.1, -0.05) is 63.7 Å². The monoisotopic (exact) mass is 918 g/mol. The molecule has 0 bridgehead atoms. The number of likely N-dealkylation sites (tertiary alicyclic amines) is 2. The Morgan fingerprint density at radius 3 is 1.45 bits per heavy atom. The van der Waals surface area contributed by atoms with E-state index >= 15 is 0 Å².